The highest BCUT2D eigenvalue weighted by Crippen LogP contribution is 2.29. The van der Waals surface area contributed by atoms with Crippen molar-refractivity contribution in [3.8, 4) is 0 Å². The average Bonchev–Trinajstić information content (AvgIpc) is 3.37. The number of fused-ring (bicyclic) bond motifs is 1. The largest absolute Gasteiger partial charge is 0.332 e. The molecule has 1 amide bonds. The van der Waals surface area contributed by atoms with Crippen LogP contribution in [0.3, 0.4) is 0 Å². The van der Waals surface area contributed by atoms with E-state index in [0.717, 1.165) is 15.9 Å². The van der Waals surface area contributed by atoms with Crippen LogP contribution in [0.25, 0.3) is 11.2 Å². The fourth-order valence-electron chi connectivity index (χ4n) is 2.90. The number of rotatable bonds is 6. The number of carbonyl (C=O) groups is 1. The Morgan fingerprint density at radius 2 is 1.97 bits per heavy atom. The topological polar surface area (TPSA) is 117 Å². The van der Waals surface area contributed by atoms with Crippen molar-refractivity contribution in [2.75, 3.05) is 5.32 Å². The molecule has 0 spiro atoms. The standard InChI is InChI=1S/C18H16FN7O3S2/c1-24-14-13(15(28)25(2)18(24)29)26(9-20-14)7-12(27)21-16-22-23-17(31-16)30-8-10-5-3-4-6-11(10)19/h3-6,9H,7-8H2,1-2H3,(H,21,22,27). The molecule has 1 aromatic carbocycles. The molecule has 160 valence electrons. The molecule has 31 heavy (non-hydrogen) atoms. The van der Waals surface area contributed by atoms with Crippen LogP contribution in [0.1, 0.15) is 5.56 Å². The van der Waals surface area contributed by atoms with Gasteiger partial charge in [0, 0.05) is 19.8 Å². The molecule has 0 saturated carbocycles. The monoisotopic (exact) mass is 461 g/mol. The quantitative estimate of drug-likeness (QED) is 0.340. The van der Waals surface area contributed by atoms with Crippen molar-refractivity contribution in [3.05, 3.63) is 62.8 Å². The lowest BCUT2D eigenvalue weighted by molar-refractivity contribution is -0.116. The van der Waals surface area contributed by atoms with Gasteiger partial charge in [0.15, 0.2) is 15.5 Å². The number of benzene rings is 1. The third kappa shape index (κ3) is 4.14. The van der Waals surface area contributed by atoms with Gasteiger partial charge in [0.1, 0.15) is 12.4 Å². The van der Waals surface area contributed by atoms with Crippen molar-refractivity contribution >= 4 is 45.3 Å². The predicted octanol–water partition coefficient (Wildman–Crippen LogP) is 1.36. The number of nitrogens with zero attached hydrogens (tertiary/aromatic N) is 6. The normalized spacial score (nSPS) is 11.2. The first kappa shape index (κ1) is 20.9. The number of aryl methyl sites for hydroxylation is 1. The van der Waals surface area contributed by atoms with Crippen LogP contribution in [-0.2, 0) is 31.2 Å². The zero-order valence-corrected chi connectivity index (χ0v) is 18.0. The molecule has 3 heterocycles. The van der Waals surface area contributed by atoms with Gasteiger partial charge in [0.25, 0.3) is 5.56 Å². The highest BCUT2D eigenvalue weighted by molar-refractivity contribution is 8.00. The molecule has 13 heteroatoms. The van der Waals surface area contributed by atoms with E-state index in [4.69, 9.17) is 0 Å². The Morgan fingerprint density at radius 1 is 1.19 bits per heavy atom. The first-order chi connectivity index (χ1) is 14.8. The average molecular weight is 462 g/mol. The summed E-state index contributed by atoms with van der Waals surface area (Å²) in [5.74, 6) is -0.334. The lowest BCUT2D eigenvalue weighted by Gasteiger charge is -2.06. The number of hydrogen-bond acceptors (Lipinski definition) is 8. The van der Waals surface area contributed by atoms with Crippen LogP contribution in [0.4, 0.5) is 9.52 Å². The number of amides is 1. The molecule has 0 atom stereocenters. The van der Waals surface area contributed by atoms with Crippen molar-refractivity contribution < 1.29 is 9.18 Å². The molecule has 0 aliphatic heterocycles. The van der Waals surface area contributed by atoms with E-state index < -0.39 is 17.2 Å². The number of aromatic nitrogens is 6. The number of nitrogens with one attached hydrogen (secondary N) is 1. The molecule has 3 aromatic heterocycles. The van der Waals surface area contributed by atoms with Gasteiger partial charge in [0.2, 0.25) is 11.0 Å². The van der Waals surface area contributed by atoms with Gasteiger partial charge in [-0.2, -0.15) is 0 Å². The first-order valence-electron chi connectivity index (χ1n) is 8.95. The lowest BCUT2D eigenvalue weighted by Crippen LogP contribution is -2.37. The predicted molar refractivity (Wildman–Crippen MR) is 115 cm³/mol. The Balaban J connectivity index is 1.45. The van der Waals surface area contributed by atoms with Gasteiger partial charge in [-0.3, -0.25) is 24.0 Å². The molecule has 0 aliphatic rings. The maximum Gasteiger partial charge on any atom is 0.332 e. The van der Waals surface area contributed by atoms with Gasteiger partial charge >= 0.3 is 5.69 Å². The summed E-state index contributed by atoms with van der Waals surface area (Å²) in [5.41, 5.74) is -0.134. The Kier molecular flexibility index (Phi) is 5.69. The van der Waals surface area contributed by atoms with Crippen LogP contribution in [0.5, 0.6) is 0 Å². The molecule has 1 N–H and O–H groups in total. The molecule has 0 fully saturated rings. The van der Waals surface area contributed by atoms with Crippen molar-refractivity contribution in [2.45, 2.75) is 16.6 Å². The number of thioether (sulfide) groups is 1. The summed E-state index contributed by atoms with van der Waals surface area (Å²) in [4.78, 5) is 41.0. The minimum absolute atomic E-state index is 0.151. The summed E-state index contributed by atoms with van der Waals surface area (Å²) in [6.45, 7) is -0.193. The van der Waals surface area contributed by atoms with Gasteiger partial charge < -0.3 is 4.57 Å². The smallest absolute Gasteiger partial charge is 0.315 e. The van der Waals surface area contributed by atoms with E-state index in [1.165, 1.54) is 47.4 Å². The van der Waals surface area contributed by atoms with Gasteiger partial charge in [-0.1, -0.05) is 41.3 Å². The number of hydrogen-bond donors (Lipinski definition) is 1. The molecule has 0 bridgehead atoms. The van der Waals surface area contributed by atoms with Crippen LogP contribution < -0.4 is 16.6 Å². The Bertz CT molecular complexity index is 1410. The van der Waals surface area contributed by atoms with Crippen molar-refractivity contribution in [1.82, 2.24) is 28.9 Å². The maximum absolute atomic E-state index is 13.7. The third-order valence-electron chi connectivity index (χ3n) is 4.49. The lowest BCUT2D eigenvalue weighted by atomic mass is 10.2. The molecule has 4 aromatic rings. The summed E-state index contributed by atoms with van der Waals surface area (Å²) in [5, 5.41) is 10.8. The van der Waals surface area contributed by atoms with Crippen LogP contribution >= 0.6 is 23.1 Å². The fraction of sp³-hybridized carbons (Fsp3) is 0.222. The second-order valence-electron chi connectivity index (χ2n) is 6.55. The number of halogens is 1. The number of carbonyl (C=O) groups excluding carboxylic acids is 1. The zero-order valence-electron chi connectivity index (χ0n) is 16.4. The van der Waals surface area contributed by atoms with Crippen molar-refractivity contribution in [3.63, 3.8) is 0 Å². The highest BCUT2D eigenvalue weighted by Gasteiger charge is 2.17. The van der Waals surface area contributed by atoms with E-state index >= 15 is 0 Å². The minimum atomic E-state index is -0.536. The van der Waals surface area contributed by atoms with E-state index in [9.17, 15) is 18.8 Å². The van der Waals surface area contributed by atoms with Crippen LogP contribution in [0.2, 0.25) is 0 Å². The second-order valence-corrected chi connectivity index (χ2v) is 8.75. The SMILES string of the molecule is Cn1c(=O)c2c(ncn2CC(=O)Nc2nnc(SCc3ccccc3F)s2)n(C)c1=O. The van der Waals surface area contributed by atoms with Crippen LogP contribution in [-0.4, -0.2) is 34.8 Å². The molecule has 0 radical (unpaired) electrons. The number of anilines is 1. The Morgan fingerprint density at radius 3 is 2.74 bits per heavy atom. The molecule has 0 aliphatic carbocycles. The van der Waals surface area contributed by atoms with E-state index in [2.05, 4.69) is 20.5 Å². The molecule has 4 rings (SSSR count). The first-order valence-corrected chi connectivity index (χ1v) is 10.8. The summed E-state index contributed by atoms with van der Waals surface area (Å²) < 4.78 is 17.9. The number of imidazole rings is 1. The van der Waals surface area contributed by atoms with E-state index in [1.807, 2.05) is 0 Å². The summed E-state index contributed by atoms with van der Waals surface area (Å²) >= 11 is 2.47. The molecular weight excluding hydrogens is 445 g/mol. The third-order valence-corrected chi connectivity index (χ3v) is 6.51. The van der Waals surface area contributed by atoms with Gasteiger partial charge in [0.05, 0.1) is 6.33 Å². The van der Waals surface area contributed by atoms with Gasteiger partial charge in [-0.05, 0) is 11.6 Å². The maximum atomic E-state index is 13.7. The van der Waals surface area contributed by atoms with Crippen LogP contribution in [0, 0.1) is 5.82 Å². The van der Waals surface area contributed by atoms with Crippen LogP contribution in [0.15, 0.2) is 44.5 Å². The van der Waals surface area contributed by atoms with Gasteiger partial charge in [-0.15, -0.1) is 10.2 Å². The van der Waals surface area contributed by atoms with E-state index in [-0.39, 0.29) is 28.7 Å². The Hall–Kier alpha value is -3.32. The second kappa shape index (κ2) is 8.43. The summed E-state index contributed by atoms with van der Waals surface area (Å²) in [7, 11) is 2.87. The van der Waals surface area contributed by atoms with Crippen molar-refractivity contribution in [2.24, 2.45) is 14.1 Å². The highest BCUT2D eigenvalue weighted by atomic mass is 32.2. The Labute approximate surface area is 182 Å². The molecule has 10 nitrogen and oxygen atoms in total. The molecular formula is C18H16FN7O3S2. The van der Waals surface area contributed by atoms with E-state index in [0.29, 0.717) is 15.7 Å². The van der Waals surface area contributed by atoms with Crippen molar-refractivity contribution in [1.29, 1.82) is 0 Å². The van der Waals surface area contributed by atoms with E-state index in [1.54, 1.807) is 18.2 Å². The minimum Gasteiger partial charge on any atom is -0.315 e. The summed E-state index contributed by atoms with van der Waals surface area (Å²) in [6.07, 6.45) is 1.33. The molecule has 0 saturated heterocycles. The zero-order chi connectivity index (χ0) is 22.1. The summed E-state index contributed by atoms with van der Waals surface area (Å²) in [6, 6.07) is 6.48. The van der Waals surface area contributed by atoms with Gasteiger partial charge in [-0.25, -0.2) is 14.2 Å². The fourth-order valence-corrected chi connectivity index (χ4v) is 4.66. The molecule has 0 unspecified atom stereocenters.